The minimum atomic E-state index is -0.388. The molecule has 0 radical (unpaired) electrons. The van der Waals surface area contributed by atoms with Crippen LogP contribution in [0.15, 0.2) is 48.5 Å². The van der Waals surface area contributed by atoms with E-state index in [1.54, 1.807) is 49.4 Å². The van der Waals surface area contributed by atoms with Gasteiger partial charge in [0.1, 0.15) is 6.07 Å². The number of nitrogens with zero attached hydrogens (tertiary/aromatic N) is 1. The number of amides is 1. The summed E-state index contributed by atoms with van der Waals surface area (Å²) < 4.78 is 4.91. The number of hydrogen-bond donors (Lipinski definition) is 2. The summed E-state index contributed by atoms with van der Waals surface area (Å²) >= 11 is 0. The van der Waals surface area contributed by atoms with Gasteiger partial charge in [0, 0.05) is 18.7 Å². The Balaban J connectivity index is 1.82. The molecule has 0 heterocycles. The zero-order chi connectivity index (χ0) is 18.1. The van der Waals surface area contributed by atoms with Crippen LogP contribution in [-0.2, 0) is 9.53 Å². The molecule has 0 spiro atoms. The van der Waals surface area contributed by atoms with E-state index in [1.807, 2.05) is 6.07 Å². The van der Waals surface area contributed by atoms with Crippen molar-refractivity contribution in [3.63, 3.8) is 0 Å². The highest BCUT2D eigenvalue weighted by Gasteiger charge is 2.07. The van der Waals surface area contributed by atoms with Crippen molar-refractivity contribution in [3.05, 3.63) is 59.7 Å². The van der Waals surface area contributed by atoms with Gasteiger partial charge >= 0.3 is 5.97 Å². The lowest BCUT2D eigenvalue weighted by Gasteiger charge is -2.09. The molecule has 0 aliphatic carbocycles. The topological polar surface area (TPSA) is 91.2 Å². The number of nitrogens with one attached hydrogen (secondary N) is 2. The summed E-state index contributed by atoms with van der Waals surface area (Å²) in [7, 11) is 0. The fraction of sp³-hybridized carbons (Fsp3) is 0.211. The average molecular weight is 337 g/mol. The molecule has 2 aromatic carbocycles. The molecule has 6 nitrogen and oxygen atoms in total. The van der Waals surface area contributed by atoms with Crippen molar-refractivity contribution < 1.29 is 14.3 Å². The molecule has 0 unspecified atom stereocenters. The van der Waals surface area contributed by atoms with E-state index in [0.717, 1.165) is 0 Å². The number of benzene rings is 2. The first kappa shape index (κ1) is 18.0. The van der Waals surface area contributed by atoms with Crippen LogP contribution in [0, 0.1) is 11.3 Å². The minimum absolute atomic E-state index is 0.161. The molecule has 0 fully saturated rings. The predicted octanol–water partition coefficient (Wildman–Crippen LogP) is 3.18. The predicted molar refractivity (Wildman–Crippen MR) is 95.3 cm³/mol. The quantitative estimate of drug-likeness (QED) is 0.757. The Labute approximate surface area is 146 Å². The first-order chi connectivity index (χ1) is 12.1. The summed E-state index contributed by atoms with van der Waals surface area (Å²) in [5.41, 5.74) is 2.29. The lowest BCUT2D eigenvalue weighted by Crippen LogP contribution is -2.16. The fourth-order valence-corrected chi connectivity index (χ4v) is 2.17. The number of esters is 1. The molecule has 128 valence electrons. The zero-order valence-electron chi connectivity index (χ0n) is 13.9. The fourth-order valence-electron chi connectivity index (χ4n) is 2.17. The van der Waals surface area contributed by atoms with Gasteiger partial charge in [-0.25, -0.2) is 4.79 Å². The molecule has 0 aromatic heterocycles. The van der Waals surface area contributed by atoms with Gasteiger partial charge in [-0.05, 0) is 43.3 Å². The maximum Gasteiger partial charge on any atom is 0.338 e. The molecule has 0 saturated carbocycles. The molecule has 25 heavy (non-hydrogen) atoms. The van der Waals surface area contributed by atoms with Gasteiger partial charge in [0.05, 0.1) is 23.4 Å². The van der Waals surface area contributed by atoms with Crippen molar-refractivity contribution >= 4 is 23.3 Å². The van der Waals surface area contributed by atoms with E-state index < -0.39 is 0 Å². The Morgan fingerprint density at radius 1 is 1.12 bits per heavy atom. The molecule has 6 heteroatoms. The van der Waals surface area contributed by atoms with Crippen molar-refractivity contribution in [1.29, 1.82) is 5.26 Å². The maximum atomic E-state index is 12.0. The van der Waals surface area contributed by atoms with E-state index >= 15 is 0 Å². The van der Waals surface area contributed by atoms with Crippen LogP contribution in [0.2, 0.25) is 0 Å². The van der Waals surface area contributed by atoms with Crippen LogP contribution in [0.4, 0.5) is 11.4 Å². The van der Waals surface area contributed by atoms with E-state index in [4.69, 9.17) is 10.00 Å². The second-order valence-corrected chi connectivity index (χ2v) is 5.18. The first-order valence-electron chi connectivity index (χ1n) is 7.94. The molecule has 0 atom stereocenters. The van der Waals surface area contributed by atoms with Gasteiger partial charge in [-0.1, -0.05) is 12.1 Å². The summed E-state index contributed by atoms with van der Waals surface area (Å²) in [6, 6.07) is 15.7. The summed E-state index contributed by atoms with van der Waals surface area (Å²) in [6.45, 7) is 2.47. The zero-order valence-corrected chi connectivity index (χ0v) is 13.9. The van der Waals surface area contributed by atoms with E-state index in [0.29, 0.717) is 35.7 Å². The van der Waals surface area contributed by atoms with Gasteiger partial charge in [-0.15, -0.1) is 0 Å². The molecule has 0 saturated heterocycles. The molecule has 1 amide bonds. The van der Waals surface area contributed by atoms with E-state index in [9.17, 15) is 9.59 Å². The third-order valence-corrected chi connectivity index (χ3v) is 3.39. The summed E-state index contributed by atoms with van der Waals surface area (Å²) in [6.07, 6.45) is 0.249. The highest BCUT2D eigenvalue weighted by molar-refractivity contribution is 5.93. The first-order valence-corrected chi connectivity index (χ1v) is 7.94. The number of carbonyl (C=O) groups is 2. The van der Waals surface area contributed by atoms with Crippen LogP contribution in [0.1, 0.15) is 29.3 Å². The monoisotopic (exact) mass is 337 g/mol. The average Bonchev–Trinajstić information content (AvgIpc) is 2.63. The van der Waals surface area contributed by atoms with Crippen LogP contribution in [0.3, 0.4) is 0 Å². The van der Waals surface area contributed by atoms with E-state index in [1.165, 1.54) is 0 Å². The number of hydrogen-bond acceptors (Lipinski definition) is 5. The normalized spacial score (nSPS) is 9.76. The molecule has 2 rings (SSSR count). The number of nitriles is 1. The van der Waals surface area contributed by atoms with Crippen LogP contribution >= 0.6 is 0 Å². The molecular weight excluding hydrogens is 318 g/mol. The summed E-state index contributed by atoms with van der Waals surface area (Å²) in [4.78, 5) is 23.5. The van der Waals surface area contributed by atoms with Gasteiger partial charge in [-0.3, -0.25) is 4.79 Å². The molecular formula is C19H19N3O3. The standard InChI is InChI=1S/C19H19N3O3/c1-2-25-19(24)14-7-9-16(10-8-14)22-18(23)11-12-21-17-6-4-3-5-15(17)13-20/h3-10,21H,2,11-12H2,1H3,(H,22,23). The van der Waals surface area contributed by atoms with Crippen LogP contribution in [-0.4, -0.2) is 25.0 Å². The second kappa shape index (κ2) is 9.08. The largest absolute Gasteiger partial charge is 0.462 e. The molecule has 0 bridgehead atoms. The number of ether oxygens (including phenoxy) is 1. The summed E-state index contributed by atoms with van der Waals surface area (Å²) in [5, 5.41) is 14.8. The van der Waals surface area contributed by atoms with Gasteiger partial charge in [0.2, 0.25) is 5.91 Å². The Hall–Kier alpha value is -3.33. The number of rotatable bonds is 7. The lowest BCUT2D eigenvalue weighted by molar-refractivity contribution is -0.115. The molecule has 0 aliphatic rings. The third-order valence-electron chi connectivity index (χ3n) is 3.39. The second-order valence-electron chi connectivity index (χ2n) is 5.18. The minimum Gasteiger partial charge on any atom is -0.462 e. The van der Waals surface area contributed by atoms with Crippen molar-refractivity contribution in [3.8, 4) is 6.07 Å². The van der Waals surface area contributed by atoms with Crippen LogP contribution in [0.25, 0.3) is 0 Å². The van der Waals surface area contributed by atoms with Crippen molar-refractivity contribution in [2.45, 2.75) is 13.3 Å². The van der Waals surface area contributed by atoms with Crippen molar-refractivity contribution in [2.24, 2.45) is 0 Å². The number of anilines is 2. The van der Waals surface area contributed by atoms with Crippen molar-refractivity contribution in [2.75, 3.05) is 23.8 Å². The van der Waals surface area contributed by atoms with Crippen LogP contribution in [0.5, 0.6) is 0 Å². The lowest BCUT2D eigenvalue weighted by atomic mass is 10.2. The Kier molecular flexibility index (Phi) is 6.55. The van der Waals surface area contributed by atoms with Gasteiger partial charge in [0.25, 0.3) is 0 Å². The Morgan fingerprint density at radius 2 is 1.84 bits per heavy atom. The smallest absolute Gasteiger partial charge is 0.338 e. The highest BCUT2D eigenvalue weighted by atomic mass is 16.5. The number of carbonyl (C=O) groups excluding carboxylic acids is 2. The van der Waals surface area contributed by atoms with Gasteiger partial charge < -0.3 is 15.4 Å². The third kappa shape index (κ3) is 5.36. The number of para-hydroxylation sites is 1. The Morgan fingerprint density at radius 3 is 2.52 bits per heavy atom. The van der Waals surface area contributed by atoms with Crippen molar-refractivity contribution in [1.82, 2.24) is 0 Å². The molecule has 2 N–H and O–H groups in total. The molecule has 0 aliphatic heterocycles. The van der Waals surface area contributed by atoms with Gasteiger partial charge in [0.15, 0.2) is 0 Å². The van der Waals surface area contributed by atoms with Gasteiger partial charge in [-0.2, -0.15) is 5.26 Å². The SMILES string of the molecule is CCOC(=O)c1ccc(NC(=O)CCNc2ccccc2C#N)cc1. The summed E-state index contributed by atoms with van der Waals surface area (Å²) in [5.74, 6) is -0.549. The molecule has 2 aromatic rings. The highest BCUT2D eigenvalue weighted by Crippen LogP contribution is 2.14. The van der Waals surface area contributed by atoms with E-state index in [2.05, 4.69) is 16.7 Å². The Bertz CT molecular complexity index is 779. The maximum absolute atomic E-state index is 12.0. The van der Waals surface area contributed by atoms with E-state index in [-0.39, 0.29) is 18.3 Å². The van der Waals surface area contributed by atoms with Crippen LogP contribution < -0.4 is 10.6 Å².